The molecule has 2 heterocycles. The summed E-state index contributed by atoms with van der Waals surface area (Å²) in [5.74, 6) is -1.52. The van der Waals surface area contributed by atoms with Gasteiger partial charge in [-0.25, -0.2) is 0 Å². The third kappa shape index (κ3) is 4.15. The Morgan fingerprint density at radius 3 is 2.95 bits per heavy atom. The molecule has 0 spiro atoms. The first-order chi connectivity index (χ1) is 9.54. The molecule has 0 aromatic carbocycles. The number of thioether (sulfide) groups is 1. The second kappa shape index (κ2) is 6.64. The van der Waals surface area contributed by atoms with Crippen LogP contribution in [0.4, 0.5) is 5.13 Å². The summed E-state index contributed by atoms with van der Waals surface area (Å²) in [6, 6.07) is 2.99. The van der Waals surface area contributed by atoms with Gasteiger partial charge in [0, 0.05) is 11.2 Å². The van der Waals surface area contributed by atoms with Crippen molar-refractivity contribution < 1.29 is 14.7 Å². The summed E-state index contributed by atoms with van der Waals surface area (Å²) < 4.78 is 0.460. The number of rotatable bonds is 5. The predicted molar refractivity (Wildman–Crippen MR) is 75.5 cm³/mol. The number of halogens is 1. The summed E-state index contributed by atoms with van der Waals surface area (Å²) in [6.07, 6.45) is 1.42. The van der Waals surface area contributed by atoms with Gasteiger partial charge in [-0.3, -0.25) is 19.9 Å². The number of amides is 1. The molecule has 0 radical (unpaired) electrons. The van der Waals surface area contributed by atoms with Crippen molar-refractivity contribution in [2.45, 2.75) is 4.34 Å². The van der Waals surface area contributed by atoms with Crippen molar-refractivity contribution in [2.24, 2.45) is 0 Å². The minimum absolute atomic E-state index is 0.113. The van der Waals surface area contributed by atoms with E-state index in [0.717, 1.165) is 23.1 Å². The van der Waals surface area contributed by atoms with Gasteiger partial charge in [0.2, 0.25) is 5.13 Å². The lowest BCUT2D eigenvalue weighted by Gasteiger charge is -1.99. The molecule has 0 saturated carbocycles. The minimum atomic E-state index is -0.945. The average Bonchev–Trinajstić information content (AvgIpc) is 2.84. The van der Waals surface area contributed by atoms with Crippen LogP contribution in [0.1, 0.15) is 10.5 Å². The highest BCUT2D eigenvalue weighted by atomic mass is 35.5. The molecule has 2 rings (SSSR count). The van der Waals surface area contributed by atoms with E-state index in [2.05, 4.69) is 20.5 Å². The largest absolute Gasteiger partial charge is 0.481 e. The van der Waals surface area contributed by atoms with Crippen LogP contribution in [0.3, 0.4) is 0 Å². The highest BCUT2D eigenvalue weighted by molar-refractivity contribution is 8.01. The van der Waals surface area contributed by atoms with E-state index < -0.39 is 11.9 Å². The van der Waals surface area contributed by atoms with Gasteiger partial charge in [-0.1, -0.05) is 34.7 Å². The Labute approximate surface area is 126 Å². The van der Waals surface area contributed by atoms with Gasteiger partial charge < -0.3 is 5.11 Å². The van der Waals surface area contributed by atoms with Crippen LogP contribution in [0.5, 0.6) is 0 Å². The van der Waals surface area contributed by atoms with Crippen molar-refractivity contribution in [1.82, 2.24) is 15.2 Å². The van der Waals surface area contributed by atoms with Gasteiger partial charge in [-0.15, -0.1) is 10.2 Å². The molecule has 10 heteroatoms. The number of carbonyl (C=O) groups is 2. The number of hydrogen-bond donors (Lipinski definition) is 2. The van der Waals surface area contributed by atoms with Crippen molar-refractivity contribution in [3.63, 3.8) is 0 Å². The van der Waals surface area contributed by atoms with Gasteiger partial charge in [0.05, 0.1) is 5.75 Å². The summed E-state index contributed by atoms with van der Waals surface area (Å²) >= 11 is 7.88. The van der Waals surface area contributed by atoms with Gasteiger partial charge in [-0.2, -0.15) is 0 Å². The van der Waals surface area contributed by atoms with Crippen LogP contribution in [0.15, 0.2) is 22.7 Å². The zero-order valence-corrected chi connectivity index (χ0v) is 12.1. The summed E-state index contributed by atoms with van der Waals surface area (Å²) in [5, 5.41) is 19.2. The Kier molecular flexibility index (Phi) is 4.88. The van der Waals surface area contributed by atoms with Crippen LogP contribution in [0.25, 0.3) is 0 Å². The Hall–Kier alpha value is -1.71. The van der Waals surface area contributed by atoms with E-state index in [4.69, 9.17) is 16.7 Å². The van der Waals surface area contributed by atoms with Gasteiger partial charge in [0.1, 0.15) is 5.69 Å². The van der Waals surface area contributed by atoms with Crippen LogP contribution in [-0.4, -0.2) is 37.9 Å². The summed E-state index contributed by atoms with van der Waals surface area (Å²) in [5.41, 5.74) is 0.160. The molecule has 0 aliphatic carbocycles. The molecule has 1 amide bonds. The molecule has 0 bridgehead atoms. The van der Waals surface area contributed by atoms with E-state index in [-0.39, 0.29) is 16.6 Å². The standard InChI is InChI=1S/C10H7ClN4O3S2/c11-5-1-2-12-6(3-5)8(18)13-9-14-15-10(20-9)19-4-7(16)17/h1-3H,4H2,(H,16,17)(H,13,14,18). The second-order valence-corrected chi connectivity index (χ2v) is 6.01. The zero-order valence-electron chi connectivity index (χ0n) is 9.74. The Morgan fingerprint density at radius 2 is 2.25 bits per heavy atom. The van der Waals surface area contributed by atoms with Gasteiger partial charge in [0.15, 0.2) is 4.34 Å². The fourth-order valence-corrected chi connectivity index (χ4v) is 2.76. The SMILES string of the molecule is O=C(O)CSc1nnc(NC(=O)c2cc(Cl)ccn2)s1. The quantitative estimate of drug-likeness (QED) is 0.638. The van der Waals surface area contributed by atoms with Crippen molar-refractivity contribution in [3.05, 3.63) is 29.0 Å². The summed E-state index contributed by atoms with van der Waals surface area (Å²) in [4.78, 5) is 26.1. The third-order valence-electron chi connectivity index (χ3n) is 1.90. The molecule has 0 fully saturated rings. The Balaban J connectivity index is 1.99. The first-order valence-electron chi connectivity index (χ1n) is 5.15. The number of anilines is 1. The smallest absolute Gasteiger partial charge is 0.313 e. The zero-order chi connectivity index (χ0) is 14.5. The molecule has 0 aliphatic heterocycles. The van der Waals surface area contributed by atoms with E-state index in [1.165, 1.54) is 12.3 Å². The Bertz CT molecular complexity index is 649. The minimum Gasteiger partial charge on any atom is -0.481 e. The number of hydrogen-bond acceptors (Lipinski definition) is 7. The number of carboxylic acid groups (broad SMARTS) is 1. The lowest BCUT2D eigenvalue weighted by molar-refractivity contribution is -0.133. The number of carboxylic acids is 1. The molecule has 2 aromatic heterocycles. The maximum Gasteiger partial charge on any atom is 0.313 e. The molecule has 0 saturated heterocycles. The van der Waals surface area contributed by atoms with Crippen molar-refractivity contribution in [1.29, 1.82) is 0 Å². The lowest BCUT2D eigenvalue weighted by Crippen LogP contribution is -2.13. The fraction of sp³-hybridized carbons (Fsp3) is 0.100. The number of pyridine rings is 1. The molecule has 7 nitrogen and oxygen atoms in total. The molecular weight excluding hydrogens is 324 g/mol. The molecule has 0 atom stereocenters. The molecule has 0 aliphatic rings. The van der Waals surface area contributed by atoms with Gasteiger partial charge in [0.25, 0.3) is 5.91 Å². The molecular formula is C10H7ClN4O3S2. The van der Waals surface area contributed by atoms with Crippen molar-refractivity contribution in [2.75, 3.05) is 11.1 Å². The lowest BCUT2D eigenvalue weighted by atomic mass is 10.3. The van der Waals surface area contributed by atoms with Gasteiger partial charge in [-0.05, 0) is 12.1 Å². The number of carbonyl (C=O) groups excluding carboxylic acids is 1. The van der Waals surface area contributed by atoms with Crippen molar-refractivity contribution in [3.8, 4) is 0 Å². The predicted octanol–water partition coefficient (Wildman–Crippen LogP) is 2.02. The van der Waals surface area contributed by atoms with Crippen LogP contribution in [-0.2, 0) is 4.79 Å². The van der Waals surface area contributed by atoms with E-state index in [1.807, 2.05) is 0 Å². The fourth-order valence-electron chi connectivity index (χ4n) is 1.13. The topological polar surface area (TPSA) is 105 Å². The molecule has 104 valence electrons. The summed E-state index contributed by atoms with van der Waals surface area (Å²) in [6.45, 7) is 0. The van der Waals surface area contributed by atoms with Crippen molar-refractivity contribution >= 4 is 51.7 Å². The molecule has 20 heavy (non-hydrogen) atoms. The first kappa shape index (κ1) is 14.7. The summed E-state index contributed by atoms with van der Waals surface area (Å²) in [7, 11) is 0. The van der Waals surface area contributed by atoms with Crippen LogP contribution < -0.4 is 5.32 Å². The van der Waals surface area contributed by atoms with Crippen LogP contribution >= 0.6 is 34.7 Å². The maximum absolute atomic E-state index is 11.8. The average molecular weight is 331 g/mol. The molecule has 2 N–H and O–H groups in total. The van der Waals surface area contributed by atoms with Crippen LogP contribution in [0.2, 0.25) is 5.02 Å². The highest BCUT2D eigenvalue weighted by Gasteiger charge is 2.12. The number of nitrogens with one attached hydrogen (secondary N) is 1. The van der Waals surface area contributed by atoms with Crippen LogP contribution in [0, 0.1) is 0 Å². The molecule has 0 unspecified atom stereocenters. The normalized spacial score (nSPS) is 10.2. The first-order valence-corrected chi connectivity index (χ1v) is 7.33. The van der Waals surface area contributed by atoms with E-state index in [9.17, 15) is 9.59 Å². The maximum atomic E-state index is 11.8. The number of aliphatic carboxylic acids is 1. The van der Waals surface area contributed by atoms with E-state index in [1.54, 1.807) is 6.07 Å². The monoisotopic (exact) mass is 330 g/mol. The highest BCUT2D eigenvalue weighted by Crippen LogP contribution is 2.25. The van der Waals surface area contributed by atoms with E-state index >= 15 is 0 Å². The van der Waals surface area contributed by atoms with E-state index in [0.29, 0.717) is 9.36 Å². The Morgan fingerprint density at radius 1 is 1.45 bits per heavy atom. The van der Waals surface area contributed by atoms with Gasteiger partial charge >= 0.3 is 5.97 Å². The molecule has 2 aromatic rings. The number of nitrogens with zero attached hydrogens (tertiary/aromatic N) is 3. The number of aromatic nitrogens is 3. The third-order valence-corrected chi connectivity index (χ3v) is 4.09. The second-order valence-electron chi connectivity index (χ2n) is 3.37.